The highest BCUT2D eigenvalue weighted by Crippen LogP contribution is 2.33. The number of nitrogens with zero attached hydrogens (tertiary/aromatic N) is 1. The lowest BCUT2D eigenvalue weighted by atomic mass is 10.2. The third-order valence-corrected chi connectivity index (χ3v) is 2.74. The van der Waals surface area contributed by atoms with E-state index in [1.54, 1.807) is 6.20 Å². The molecular weight excluding hydrogens is 244 g/mol. The number of anilines is 3. The van der Waals surface area contributed by atoms with Gasteiger partial charge in [-0.15, -0.1) is 0 Å². The predicted octanol–water partition coefficient (Wildman–Crippen LogP) is 1.88. The van der Waals surface area contributed by atoms with Gasteiger partial charge < -0.3 is 20.2 Å². The van der Waals surface area contributed by atoms with E-state index in [4.69, 9.17) is 15.3 Å². The first kappa shape index (κ1) is 11.6. The van der Waals surface area contributed by atoms with Gasteiger partial charge in [-0.1, -0.05) is 0 Å². The number of fused-ring (bicyclic) bond motifs is 1. The van der Waals surface area contributed by atoms with Crippen molar-refractivity contribution in [3.8, 4) is 11.5 Å². The normalized spacial score (nSPS) is 12.9. The molecule has 0 atom stereocenters. The second kappa shape index (κ2) is 5.03. The number of nitrogens with two attached hydrogens (primary N) is 1. The lowest BCUT2D eigenvalue weighted by Gasteiger charge is -2.19. The Balaban J connectivity index is 1.82. The highest BCUT2D eigenvalue weighted by atomic mass is 16.6. The van der Waals surface area contributed by atoms with Crippen LogP contribution in [0.1, 0.15) is 0 Å². The lowest BCUT2D eigenvalue weighted by molar-refractivity contribution is 0.171. The van der Waals surface area contributed by atoms with Gasteiger partial charge in [-0.25, -0.2) is 10.8 Å². The first-order valence-electron chi connectivity index (χ1n) is 5.94. The molecule has 6 heteroatoms. The Morgan fingerprint density at radius 3 is 2.63 bits per heavy atom. The van der Waals surface area contributed by atoms with Gasteiger partial charge in [-0.3, -0.25) is 0 Å². The average Bonchev–Trinajstić information content (AvgIpc) is 2.47. The van der Waals surface area contributed by atoms with Crippen molar-refractivity contribution >= 4 is 17.2 Å². The molecule has 0 saturated carbocycles. The van der Waals surface area contributed by atoms with Crippen molar-refractivity contribution in [3.63, 3.8) is 0 Å². The van der Waals surface area contributed by atoms with Crippen LogP contribution in [0.5, 0.6) is 11.5 Å². The zero-order chi connectivity index (χ0) is 13.1. The summed E-state index contributed by atoms with van der Waals surface area (Å²) in [4.78, 5) is 4.05. The summed E-state index contributed by atoms with van der Waals surface area (Å²) in [6.07, 6.45) is 1.68. The lowest BCUT2D eigenvalue weighted by Crippen LogP contribution is -2.15. The van der Waals surface area contributed by atoms with E-state index in [-0.39, 0.29) is 0 Å². The maximum atomic E-state index is 5.54. The highest BCUT2D eigenvalue weighted by molar-refractivity contribution is 5.65. The first-order chi connectivity index (χ1) is 9.35. The fourth-order valence-electron chi connectivity index (χ4n) is 1.88. The molecule has 1 aromatic carbocycles. The molecule has 0 fully saturated rings. The number of ether oxygens (including phenoxy) is 2. The second-order valence-electron chi connectivity index (χ2n) is 4.06. The van der Waals surface area contributed by atoms with Gasteiger partial charge in [0.15, 0.2) is 11.5 Å². The minimum Gasteiger partial charge on any atom is -0.486 e. The minimum atomic E-state index is 0.576. The van der Waals surface area contributed by atoms with Gasteiger partial charge in [0.2, 0.25) is 0 Å². The molecule has 0 amide bonds. The SMILES string of the molecule is NNc1cc(Nc2ccc3c(c2)OCCO3)ccn1. The molecule has 0 bridgehead atoms. The number of hydrogen-bond donors (Lipinski definition) is 3. The van der Waals surface area contributed by atoms with Crippen LogP contribution in [0.15, 0.2) is 36.5 Å². The third-order valence-electron chi connectivity index (χ3n) is 2.74. The molecule has 2 aromatic rings. The Labute approximate surface area is 110 Å². The van der Waals surface area contributed by atoms with Gasteiger partial charge in [0.05, 0.1) is 0 Å². The van der Waals surface area contributed by atoms with Crippen molar-refractivity contribution in [3.05, 3.63) is 36.5 Å². The maximum Gasteiger partial charge on any atom is 0.163 e. The molecule has 0 aliphatic carbocycles. The second-order valence-corrected chi connectivity index (χ2v) is 4.06. The van der Waals surface area contributed by atoms with Crippen molar-refractivity contribution in [1.82, 2.24) is 4.98 Å². The van der Waals surface area contributed by atoms with E-state index in [0.717, 1.165) is 22.9 Å². The molecule has 0 saturated heterocycles. The summed E-state index contributed by atoms with van der Waals surface area (Å²) in [5.41, 5.74) is 4.31. The van der Waals surface area contributed by atoms with E-state index < -0.39 is 0 Å². The summed E-state index contributed by atoms with van der Waals surface area (Å²) >= 11 is 0. The topological polar surface area (TPSA) is 81.4 Å². The number of pyridine rings is 1. The molecular formula is C13H14N4O2. The Hall–Kier alpha value is -2.47. The summed E-state index contributed by atoms with van der Waals surface area (Å²) in [7, 11) is 0. The summed E-state index contributed by atoms with van der Waals surface area (Å²) in [6.45, 7) is 1.17. The molecule has 0 radical (unpaired) electrons. The van der Waals surface area contributed by atoms with Crippen LogP contribution in [-0.4, -0.2) is 18.2 Å². The first-order valence-corrected chi connectivity index (χ1v) is 5.94. The number of hydrogen-bond acceptors (Lipinski definition) is 6. The molecule has 4 N–H and O–H groups in total. The molecule has 1 aliphatic heterocycles. The van der Waals surface area contributed by atoms with Crippen LogP contribution in [0.3, 0.4) is 0 Å². The molecule has 6 nitrogen and oxygen atoms in total. The summed E-state index contributed by atoms with van der Waals surface area (Å²) in [5, 5.41) is 3.26. The summed E-state index contributed by atoms with van der Waals surface area (Å²) in [6, 6.07) is 9.41. The monoisotopic (exact) mass is 258 g/mol. The molecule has 0 spiro atoms. The number of hydrazine groups is 1. The van der Waals surface area contributed by atoms with E-state index in [1.807, 2.05) is 30.3 Å². The van der Waals surface area contributed by atoms with Crippen LogP contribution in [-0.2, 0) is 0 Å². The van der Waals surface area contributed by atoms with Crippen LogP contribution in [0.25, 0.3) is 0 Å². The third kappa shape index (κ3) is 2.53. The van der Waals surface area contributed by atoms with Gasteiger partial charge >= 0.3 is 0 Å². The standard InChI is InChI=1S/C13H14N4O2/c14-17-13-8-10(3-4-15-13)16-9-1-2-11-12(7-9)19-6-5-18-11/h1-4,7-8H,5-6,14H2,(H2,15,16,17). The van der Waals surface area contributed by atoms with Gasteiger partial charge in [0, 0.05) is 29.7 Å². The Morgan fingerprint density at radius 1 is 1.00 bits per heavy atom. The Bertz CT molecular complexity index is 589. The van der Waals surface area contributed by atoms with Crippen LogP contribution in [0.2, 0.25) is 0 Å². The fourth-order valence-corrected chi connectivity index (χ4v) is 1.88. The van der Waals surface area contributed by atoms with Crippen LogP contribution in [0.4, 0.5) is 17.2 Å². The van der Waals surface area contributed by atoms with Gasteiger partial charge in [-0.05, 0) is 18.2 Å². The zero-order valence-corrected chi connectivity index (χ0v) is 10.2. The van der Waals surface area contributed by atoms with Crippen molar-refractivity contribution in [2.45, 2.75) is 0 Å². The Morgan fingerprint density at radius 2 is 1.79 bits per heavy atom. The highest BCUT2D eigenvalue weighted by Gasteiger charge is 2.11. The number of nitrogens with one attached hydrogen (secondary N) is 2. The summed E-state index contributed by atoms with van der Waals surface area (Å²) < 4.78 is 11.0. The number of nitrogen functional groups attached to an aromatic ring is 1. The maximum absolute atomic E-state index is 5.54. The zero-order valence-electron chi connectivity index (χ0n) is 10.2. The molecule has 0 unspecified atom stereocenters. The van der Waals surface area contributed by atoms with E-state index in [0.29, 0.717) is 19.0 Å². The van der Waals surface area contributed by atoms with Crippen LogP contribution in [0, 0.1) is 0 Å². The molecule has 1 aliphatic rings. The van der Waals surface area contributed by atoms with Gasteiger partial charge in [0.25, 0.3) is 0 Å². The molecule has 1 aromatic heterocycles. The van der Waals surface area contributed by atoms with Crippen molar-refractivity contribution in [2.75, 3.05) is 24.0 Å². The van der Waals surface area contributed by atoms with Crippen molar-refractivity contribution < 1.29 is 9.47 Å². The van der Waals surface area contributed by atoms with E-state index >= 15 is 0 Å². The van der Waals surface area contributed by atoms with Crippen LogP contribution >= 0.6 is 0 Å². The molecule has 3 rings (SSSR count). The van der Waals surface area contributed by atoms with Gasteiger partial charge in [-0.2, -0.15) is 0 Å². The van der Waals surface area contributed by atoms with Crippen molar-refractivity contribution in [2.24, 2.45) is 5.84 Å². The summed E-state index contributed by atoms with van der Waals surface area (Å²) in [5.74, 6) is 7.45. The molecule has 2 heterocycles. The van der Waals surface area contributed by atoms with E-state index in [1.165, 1.54) is 0 Å². The minimum absolute atomic E-state index is 0.576. The number of benzene rings is 1. The largest absolute Gasteiger partial charge is 0.486 e. The predicted molar refractivity (Wildman–Crippen MR) is 72.8 cm³/mol. The number of aromatic nitrogens is 1. The van der Waals surface area contributed by atoms with Crippen LogP contribution < -0.4 is 26.1 Å². The van der Waals surface area contributed by atoms with E-state index in [2.05, 4.69) is 15.7 Å². The quantitative estimate of drug-likeness (QED) is 0.576. The van der Waals surface area contributed by atoms with Crippen molar-refractivity contribution in [1.29, 1.82) is 0 Å². The smallest absolute Gasteiger partial charge is 0.163 e. The molecule has 19 heavy (non-hydrogen) atoms. The number of rotatable bonds is 3. The fraction of sp³-hybridized carbons (Fsp3) is 0.154. The average molecular weight is 258 g/mol. The van der Waals surface area contributed by atoms with E-state index in [9.17, 15) is 0 Å². The Kier molecular flexibility index (Phi) is 3.07. The molecule has 98 valence electrons. The van der Waals surface area contributed by atoms with Gasteiger partial charge in [0.1, 0.15) is 19.0 Å².